The summed E-state index contributed by atoms with van der Waals surface area (Å²) in [5, 5.41) is 21.5. The van der Waals surface area contributed by atoms with Crippen LogP contribution in [0.25, 0.3) is 0 Å². The summed E-state index contributed by atoms with van der Waals surface area (Å²) < 4.78 is 26.5. The second-order valence-electron chi connectivity index (χ2n) is 3.93. The molecular weight excluding hydrogens is 262 g/mol. The molecule has 0 aliphatic rings. The molecule has 8 heteroatoms. The highest BCUT2D eigenvalue weighted by atomic mass is 19.1. The van der Waals surface area contributed by atoms with Crippen molar-refractivity contribution in [2.75, 3.05) is 6.61 Å². The first-order valence-electron chi connectivity index (χ1n) is 5.42. The van der Waals surface area contributed by atoms with Crippen LogP contribution in [-0.2, 0) is 0 Å². The van der Waals surface area contributed by atoms with Crippen LogP contribution in [0.15, 0.2) is 12.1 Å². The minimum Gasteiger partial charge on any atom is -0.396 e. The van der Waals surface area contributed by atoms with Gasteiger partial charge in [0.25, 0.3) is 5.91 Å². The van der Waals surface area contributed by atoms with E-state index in [-0.39, 0.29) is 13.0 Å². The van der Waals surface area contributed by atoms with E-state index in [9.17, 15) is 23.7 Å². The Kier molecular flexibility index (Phi) is 4.87. The van der Waals surface area contributed by atoms with Gasteiger partial charge in [-0.3, -0.25) is 14.9 Å². The number of nitro groups is 1. The summed E-state index contributed by atoms with van der Waals surface area (Å²) in [6.45, 7) is 1.40. The molecule has 0 aromatic heterocycles. The van der Waals surface area contributed by atoms with Crippen molar-refractivity contribution in [1.29, 1.82) is 0 Å². The number of amides is 1. The number of aliphatic hydroxyl groups is 1. The van der Waals surface area contributed by atoms with Crippen LogP contribution in [0.5, 0.6) is 0 Å². The van der Waals surface area contributed by atoms with Gasteiger partial charge < -0.3 is 10.4 Å². The molecule has 0 aliphatic carbocycles. The van der Waals surface area contributed by atoms with E-state index >= 15 is 0 Å². The number of carbonyl (C=O) groups is 1. The largest absolute Gasteiger partial charge is 0.396 e. The predicted molar refractivity (Wildman–Crippen MR) is 61.6 cm³/mol. The van der Waals surface area contributed by atoms with Crippen molar-refractivity contribution in [3.63, 3.8) is 0 Å². The van der Waals surface area contributed by atoms with Crippen LogP contribution in [0.4, 0.5) is 14.5 Å². The van der Waals surface area contributed by atoms with Crippen molar-refractivity contribution >= 4 is 11.6 Å². The lowest BCUT2D eigenvalue weighted by Crippen LogP contribution is -2.33. The summed E-state index contributed by atoms with van der Waals surface area (Å²) in [5.41, 5.74) is -1.58. The van der Waals surface area contributed by atoms with Gasteiger partial charge in [-0.25, -0.2) is 4.39 Å². The van der Waals surface area contributed by atoms with E-state index < -0.39 is 39.8 Å². The predicted octanol–water partition coefficient (Wildman–Crippen LogP) is 1.37. The molecular formula is C11H12F2N2O4. The highest BCUT2D eigenvalue weighted by Crippen LogP contribution is 2.21. The van der Waals surface area contributed by atoms with Crippen LogP contribution in [0.3, 0.4) is 0 Å². The van der Waals surface area contributed by atoms with Gasteiger partial charge in [0.1, 0.15) is 5.82 Å². The van der Waals surface area contributed by atoms with Gasteiger partial charge in [-0.05, 0) is 13.3 Å². The van der Waals surface area contributed by atoms with Crippen molar-refractivity contribution in [3.05, 3.63) is 39.4 Å². The molecule has 0 radical (unpaired) electrons. The molecule has 1 atom stereocenters. The number of rotatable bonds is 5. The van der Waals surface area contributed by atoms with E-state index in [2.05, 4.69) is 5.32 Å². The molecule has 1 unspecified atom stereocenters. The Balaban J connectivity index is 3.03. The fourth-order valence-electron chi connectivity index (χ4n) is 1.42. The summed E-state index contributed by atoms with van der Waals surface area (Å²) in [5.74, 6) is -3.43. The Morgan fingerprint density at radius 3 is 2.63 bits per heavy atom. The van der Waals surface area contributed by atoms with E-state index in [1.54, 1.807) is 6.92 Å². The van der Waals surface area contributed by atoms with Gasteiger partial charge in [0.05, 0.1) is 10.5 Å². The Hall–Kier alpha value is -2.09. The van der Waals surface area contributed by atoms with E-state index in [0.717, 1.165) is 0 Å². The lowest BCUT2D eigenvalue weighted by Gasteiger charge is -2.12. The smallest absolute Gasteiger partial charge is 0.305 e. The number of hydrogen-bond donors (Lipinski definition) is 2. The van der Waals surface area contributed by atoms with Crippen LogP contribution in [0.1, 0.15) is 23.7 Å². The Morgan fingerprint density at radius 2 is 2.11 bits per heavy atom. The third-order valence-corrected chi connectivity index (χ3v) is 2.42. The van der Waals surface area contributed by atoms with E-state index in [1.807, 2.05) is 0 Å². The first-order valence-corrected chi connectivity index (χ1v) is 5.42. The highest BCUT2D eigenvalue weighted by Gasteiger charge is 2.22. The molecule has 0 heterocycles. The van der Waals surface area contributed by atoms with Crippen molar-refractivity contribution < 1.29 is 23.6 Å². The lowest BCUT2D eigenvalue weighted by molar-refractivity contribution is -0.387. The van der Waals surface area contributed by atoms with E-state index in [4.69, 9.17) is 5.11 Å². The van der Waals surface area contributed by atoms with Gasteiger partial charge >= 0.3 is 5.69 Å². The molecule has 1 aromatic rings. The third-order valence-electron chi connectivity index (χ3n) is 2.42. The topological polar surface area (TPSA) is 92.5 Å². The highest BCUT2D eigenvalue weighted by molar-refractivity contribution is 5.95. The summed E-state index contributed by atoms with van der Waals surface area (Å²) in [6, 6.07) is 0.399. The van der Waals surface area contributed by atoms with Crippen LogP contribution >= 0.6 is 0 Å². The minimum atomic E-state index is -1.34. The fraction of sp³-hybridized carbons (Fsp3) is 0.364. The number of nitrogens with zero attached hydrogens (tertiary/aromatic N) is 1. The molecule has 1 rings (SSSR count). The Bertz CT molecular complexity index is 508. The molecule has 0 saturated carbocycles. The number of nitro benzene ring substituents is 1. The zero-order valence-corrected chi connectivity index (χ0v) is 10.0. The summed E-state index contributed by atoms with van der Waals surface area (Å²) in [6.07, 6.45) is 0.247. The number of hydrogen-bond acceptors (Lipinski definition) is 4. The number of nitrogens with one attached hydrogen (secondary N) is 1. The van der Waals surface area contributed by atoms with Crippen LogP contribution < -0.4 is 5.32 Å². The number of halogens is 2. The quantitative estimate of drug-likeness (QED) is 0.626. The van der Waals surface area contributed by atoms with Crippen molar-refractivity contribution in [3.8, 4) is 0 Å². The molecule has 6 nitrogen and oxygen atoms in total. The molecule has 19 heavy (non-hydrogen) atoms. The van der Waals surface area contributed by atoms with Gasteiger partial charge in [-0.15, -0.1) is 0 Å². The van der Waals surface area contributed by atoms with Crippen molar-refractivity contribution in [2.45, 2.75) is 19.4 Å². The first-order chi connectivity index (χ1) is 8.86. The lowest BCUT2D eigenvalue weighted by atomic mass is 10.1. The second kappa shape index (κ2) is 6.19. The molecule has 2 N–H and O–H groups in total. The Morgan fingerprint density at radius 1 is 1.47 bits per heavy atom. The Labute approximate surface area is 107 Å². The number of benzene rings is 1. The fourth-order valence-corrected chi connectivity index (χ4v) is 1.42. The summed E-state index contributed by atoms with van der Waals surface area (Å²) in [4.78, 5) is 21.1. The zero-order chi connectivity index (χ0) is 14.6. The standard InChI is InChI=1S/C11H12F2N2O4/c1-6(2-3-16)14-11(17)7-4-10(15(18)19)9(13)5-8(7)12/h4-6,16H,2-3H2,1H3,(H,14,17). The molecule has 1 amide bonds. The third kappa shape index (κ3) is 3.68. The van der Waals surface area contributed by atoms with Crippen LogP contribution in [-0.4, -0.2) is 28.6 Å². The second-order valence-corrected chi connectivity index (χ2v) is 3.93. The molecule has 0 aliphatic heterocycles. The summed E-state index contributed by atoms with van der Waals surface area (Å²) in [7, 11) is 0. The van der Waals surface area contributed by atoms with Gasteiger partial charge in [-0.1, -0.05) is 0 Å². The normalized spacial score (nSPS) is 12.0. The maximum Gasteiger partial charge on any atom is 0.305 e. The maximum absolute atomic E-state index is 13.4. The van der Waals surface area contributed by atoms with Gasteiger partial charge in [0, 0.05) is 24.8 Å². The molecule has 0 saturated heterocycles. The summed E-state index contributed by atoms with van der Waals surface area (Å²) >= 11 is 0. The van der Waals surface area contributed by atoms with E-state index in [1.165, 1.54) is 0 Å². The molecule has 1 aromatic carbocycles. The van der Waals surface area contributed by atoms with Gasteiger partial charge in [0.2, 0.25) is 5.82 Å². The maximum atomic E-state index is 13.4. The average molecular weight is 274 g/mol. The van der Waals surface area contributed by atoms with Gasteiger partial charge in [-0.2, -0.15) is 4.39 Å². The molecule has 104 valence electrons. The van der Waals surface area contributed by atoms with Gasteiger partial charge in [0.15, 0.2) is 0 Å². The average Bonchev–Trinajstić information content (AvgIpc) is 2.28. The monoisotopic (exact) mass is 274 g/mol. The zero-order valence-electron chi connectivity index (χ0n) is 10.0. The number of aliphatic hydroxyl groups excluding tert-OH is 1. The minimum absolute atomic E-state index is 0.173. The van der Waals surface area contributed by atoms with Crippen molar-refractivity contribution in [1.82, 2.24) is 5.32 Å². The van der Waals surface area contributed by atoms with E-state index in [0.29, 0.717) is 12.1 Å². The van der Waals surface area contributed by atoms with Crippen LogP contribution in [0, 0.1) is 21.7 Å². The first kappa shape index (κ1) is 15.0. The number of carbonyl (C=O) groups excluding carboxylic acids is 1. The molecule has 0 spiro atoms. The molecule has 0 fully saturated rings. The SMILES string of the molecule is CC(CCO)NC(=O)c1cc([N+](=O)[O-])c(F)cc1F. The van der Waals surface area contributed by atoms with Crippen LogP contribution in [0.2, 0.25) is 0 Å². The molecule has 0 bridgehead atoms. The van der Waals surface area contributed by atoms with Crippen molar-refractivity contribution in [2.24, 2.45) is 0 Å².